The van der Waals surface area contributed by atoms with Crippen LogP contribution in [-0.2, 0) is 0 Å². The highest BCUT2D eigenvalue weighted by molar-refractivity contribution is 5.25. The second-order valence-corrected chi connectivity index (χ2v) is 8.17. The molecular formula is C21H27F5O. The van der Waals surface area contributed by atoms with Gasteiger partial charge < -0.3 is 4.74 Å². The van der Waals surface area contributed by atoms with E-state index in [1.807, 2.05) is 0 Å². The van der Waals surface area contributed by atoms with Gasteiger partial charge in [-0.05, 0) is 56.3 Å². The number of hydrogen-bond donors (Lipinski definition) is 0. The second kappa shape index (κ2) is 8.36. The molecular weight excluding hydrogens is 363 g/mol. The molecule has 0 N–H and O–H groups in total. The Morgan fingerprint density at radius 1 is 0.852 bits per heavy atom. The predicted octanol–water partition coefficient (Wildman–Crippen LogP) is 7.10. The van der Waals surface area contributed by atoms with Crippen LogP contribution < -0.4 is 4.74 Å². The maximum Gasteiger partial charge on any atom is 0.400 e. The van der Waals surface area contributed by atoms with Crippen molar-refractivity contribution in [2.24, 2.45) is 23.7 Å². The minimum absolute atomic E-state index is 0.331. The Labute approximate surface area is 157 Å². The van der Waals surface area contributed by atoms with Gasteiger partial charge in [-0.15, -0.1) is 0 Å². The lowest BCUT2D eigenvalue weighted by atomic mass is 9.69. The maximum absolute atomic E-state index is 14.5. The lowest BCUT2D eigenvalue weighted by Gasteiger charge is -2.39. The molecule has 0 aliphatic heterocycles. The van der Waals surface area contributed by atoms with Crippen molar-refractivity contribution >= 4 is 0 Å². The number of hydrogen-bond acceptors (Lipinski definition) is 1. The number of alkyl halides is 2. The predicted molar refractivity (Wildman–Crippen MR) is 93.1 cm³/mol. The molecule has 3 rings (SSSR count). The molecule has 0 spiro atoms. The smallest absolute Gasteiger partial charge is 0.400 e. The average Bonchev–Trinajstić information content (AvgIpc) is 2.66. The Hall–Kier alpha value is -1.33. The fraction of sp³-hybridized carbons (Fsp3) is 0.714. The molecule has 0 unspecified atom stereocenters. The van der Waals surface area contributed by atoms with Crippen molar-refractivity contribution in [3.8, 4) is 5.75 Å². The van der Waals surface area contributed by atoms with Crippen molar-refractivity contribution in [1.82, 2.24) is 0 Å². The van der Waals surface area contributed by atoms with E-state index in [-0.39, 0.29) is 0 Å². The number of ether oxygens (including phenoxy) is 1. The lowest BCUT2D eigenvalue weighted by Crippen LogP contribution is -2.38. The number of benzene rings is 1. The Bertz CT molecular complexity index is 608. The Kier molecular flexibility index (Phi) is 6.32. The van der Waals surface area contributed by atoms with Gasteiger partial charge >= 0.3 is 6.11 Å². The Morgan fingerprint density at radius 3 is 1.81 bits per heavy atom. The summed E-state index contributed by atoms with van der Waals surface area (Å²) < 4.78 is 72.9. The van der Waals surface area contributed by atoms with Gasteiger partial charge in [0.05, 0.1) is 5.92 Å². The van der Waals surface area contributed by atoms with Gasteiger partial charge in [-0.25, -0.2) is 13.2 Å². The van der Waals surface area contributed by atoms with Crippen LogP contribution in [0, 0.1) is 41.1 Å². The van der Waals surface area contributed by atoms with Crippen molar-refractivity contribution in [3.63, 3.8) is 0 Å². The van der Waals surface area contributed by atoms with Gasteiger partial charge in [0.2, 0.25) is 0 Å². The Morgan fingerprint density at radius 2 is 1.33 bits per heavy atom. The third-order valence-electron chi connectivity index (χ3n) is 6.59. The highest BCUT2D eigenvalue weighted by Gasteiger charge is 2.45. The normalized spacial score (nSPS) is 29.6. The Balaban J connectivity index is 1.55. The summed E-state index contributed by atoms with van der Waals surface area (Å²) >= 11 is 0. The van der Waals surface area contributed by atoms with Gasteiger partial charge in [-0.2, -0.15) is 8.78 Å². The third kappa shape index (κ3) is 4.75. The van der Waals surface area contributed by atoms with Crippen molar-refractivity contribution in [3.05, 3.63) is 29.6 Å². The van der Waals surface area contributed by atoms with Crippen LogP contribution in [0.5, 0.6) is 5.75 Å². The van der Waals surface area contributed by atoms with Crippen molar-refractivity contribution < 1.29 is 26.7 Å². The van der Waals surface area contributed by atoms with E-state index < -0.39 is 35.2 Å². The molecule has 0 bridgehead atoms. The SMILES string of the molecule is CCC1CCC(C2CCC(C(F)(F)Oc3cc(F)c(F)c(F)c3)CC2)CC1. The quantitative estimate of drug-likeness (QED) is 0.385. The van der Waals surface area contributed by atoms with Crippen LogP contribution in [-0.4, -0.2) is 6.11 Å². The summed E-state index contributed by atoms with van der Waals surface area (Å²) in [4.78, 5) is 0. The molecule has 1 aromatic carbocycles. The molecule has 1 nitrogen and oxygen atoms in total. The molecule has 152 valence electrons. The third-order valence-corrected chi connectivity index (χ3v) is 6.59. The van der Waals surface area contributed by atoms with Crippen LogP contribution in [0.2, 0.25) is 0 Å². The van der Waals surface area contributed by atoms with Crippen molar-refractivity contribution in [1.29, 1.82) is 0 Å². The topological polar surface area (TPSA) is 9.23 Å². The summed E-state index contributed by atoms with van der Waals surface area (Å²) in [6.07, 6.45) is 4.67. The van der Waals surface area contributed by atoms with E-state index in [1.165, 1.54) is 32.1 Å². The van der Waals surface area contributed by atoms with Crippen LogP contribution >= 0.6 is 0 Å². The molecule has 0 saturated heterocycles. The molecule has 0 heterocycles. The highest BCUT2D eigenvalue weighted by Crippen LogP contribution is 2.45. The molecule has 0 radical (unpaired) electrons. The van der Waals surface area contributed by atoms with Gasteiger partial charge in [0, 0.05) is 12.1 Å². The summed E-state index contributed by atoms with van der Waals surface area (Å²) in [6.45, 7) is 2.22. The summed E-state index contributed by atoms with van der Waals surface area (Å²) in [5, 5.41) is 0. The molecule has 0 atom stereocenters. The first kappa shape index (κ1) is 20.4. The van der Waals surface area contributed by atoms with Crippen LogP contribution in [0.15, 0.2) is 12.1 Å². The summed E-state index contributed by atoms with van der Waals surface area (Å²) in [5.41, 5.74) is 0. The fourth-order valence-corrected chi connectivity index (χ4v) is 4.83. The summed E-state index contributed by atoms with van der Waals surface area (Å²) in [6, 6.07) is 0.925. The van der Waals surface area contributed by atoms with Crippen LogP contribution in [0.1, 0.15) is 64.7 Å². The minimum Gasteiger partial charge on any atom is -0.432 e. The van der Waals surface area contributed by atoms with Gasteiger partial charge in [0.25, 0.3) is 0 Å². The van der Waals surface area contributed by atoms with Crippen LogP contribution in [0.25, 0.3) is 0 Å². The van der Waals surface area contributed by atoms with E-state index in [9.17, 15) is 22.0 Å². The number of rotatable bonds is 5. The first-order valence-electron chi connectivity index (χ1n) is 10.0. The van der Waals surface area contributed by atoms with E-state index in [0.29, 0.717) is 36.8 Å². The molecule has 0 aromatic heterocycles. The average molecular weight is 390 g/mol. The standard InChI is InChI=1S/C21H27F5O/c1-2-13-3-5-14(6-4-13)15-7-9-16(10-8-15)21(25,26)27-17-11-18(22)20(24)19(23)12-17/h11-16H,2-10H2,1H3. The van der Waals surface area contributed by atoms with Crippen molar-refractivity contribution in [2.75, 3.05) is 0 Å². The molecule has 2 aliphatic rings. The van der Waals surface area contributed by atoms with E-state index in [4.69, 9.17) is 0 Å². The minimum atomic E-state index is -3.53. The first-order valence-corrected chi connectivity index (χ1v) is 10.0. The fourth-order valence-electron chi connectivity index (χ4n) is 4.83. The number of halogens is 5. The molecule has 6 heteroatoms. The molecule has 2 aliphatic carbocycles. The zero-order valence-electron chi connectivity index (χ0n) is 15.6. The molecule has 2 fully saturated rings. The van der Waals surface area contributed by atoms with Crippen LogP contribution in [0.4, 0.5) is 22.0 Å². The van der Waals surface area contributed by atoms with Gasteiger partial charge in [-0.1, -0.05) is 26.2 Å². The molecule has 27 heavy (non-hydrogen) atoms. The lowest BCUT2D eigenvalue weighted by molar-refractivity contribution is -0.224. The zero-order valence-corrected chi connectivity index (χ0v) is 15.6. The van der Waals surface area contributed by atoms with E-state index in [1.54, 1.807) is 0 Å². The molecule has 1 aromatic rings. The molecule has 2 saturated carbocycles. The summed E-state index contributed by atoms with van der Waals surface area (Å²) in [5.74, 6) is -4.51. The van der Waals surface area contributed by atoms with Gasteiger partial charge in [0.1, 0.15) is 5.75 Å². The van der Waals surface area contributed by atoms with Crippen molar-refractivity contribution in [2.45, 2.75) is 70.8 Å². The largest absolute Gasteiger partial charge is 0.432 e. The monoisotopic (exact) mass is 390 g/mol. The molecule has 0 amide bonds. The highest BCUT2D eigenvalue weighted by atomic mass is 19.3. The van der Waals surface area contributed by atoms with Gasteiger partial charge in [-0.3, -0.25) is 0 Å². The maximum atomic E-state index is 14.5. The van der Waals surface area contributed by atoms with E-state index in [2.05, 4.69) is 11.7 Å². The summed E-state index contributed by atoms with van der Waals surface area (Å²) in [7, 11) is 0. The van der Waals surface area contributed by atoms with E-state index >= 15 is 0 Å². The second-order valence-electron chi connectivity index (χ2n) is 8.17. The van der Waals surface area contributed by atoms with Crippen LogP contribution in [0.3, 0.4) is 0 Å². The van der Waals surface area contributed by atoms with E-state index in [0.717, 1.165) is 18.8 Å². The van der Waals surface area contributed by atoms with Gasteiger partial charge in [0.15, 0.2) is 17.5 Å². The first-order chi connectivity index (χ1) is 12.8. The zero-order chi connectivity index (χ0) is 19.6.